The molecule has 0 radical (unpaired) electrons. The molecule has 98 valence electrons. The highest BCUT2D eigenvalue weighted by atomic mass is 16.5. The quantitative estimate of drug-likeness (QED) is 0.863. The van der Waals surface area contributed by atoms with Gasteiger partial charge in [-0.2, -0.15) is 0 Å². The van der Waals surface area contributed by atoms with Gasteiger partial charge in [-0.3, -0.25) is 0 Å². The van der Waals surface area contributed by atoms with Gasteiger partial charge in [-0.05, 0) is 26.3 Å². The van der Waals surface area contributed by atoms with Gasteiger partial charge in [-0.25, -0.2) is 9.97 Å². The van der Waals surface area contributed by atoms with Gasteiger partial charge in [-0.15, -0.1) is 0 Å². The number of allylic oxidation sites excluding steroid dienone is 2. The number of anilines is 2. The number of rotatable bonds is 2. The van der Waals surface area contributed by atoms with E-state index in [1.807, 2.05) is 26.0 Å². The monoisotopic (exact) mass is 248 g/mol. The third-order valence-electron chi connectivity index (χ3n) is 3.18. The molecule has 0 amide bonds. The maximum absolute atomic E-state index is 5.87. The van der Waals surface area contributed by atoms with Gasteiger partial charge in [0, 0.05) is 12.6 Å². The summed E-state index contributed by atoms with van der Waals surface area (Å²) < 4.78 is 5.43. The zero-order chi connectivity index (χ0) is 13.1. The first-order valence-corrected chi connectivity index (χ1v) is 6.24. The van der Waals surface area contributed by atoms with Crippen molar-refractivity contribution < 1.29 is 4.74 Å². The Labute approximate surface area is 108 Å². The Morgan fingerprint density at radius 3 is 3.00 bits per heavy atom. The van der Waals surface area contributed by atoms with E-state index in [0.717, 1.165) is 31.1 Å². The van der Waals surface area contributed by atoms with E-state index in [9.17, 15) is 0 Å². The van der Waals surface area contributed by atoms with E-state index in [2.05, 4.69) is 21.8 Å². The van der Waals surface area contributed by atoms with Crippen molar-refractivity contribution in [1.82, 2.24) is 9.97 Å². The highest BCUT2D eigenvalue weighted by Gasteiger charge is 2.21. The molecular formula is C13H20N4O. The maximum Gasteiger partial charge on any atom is 0.159 e. The van der Waals surface area contributed by atoms with Crippen LogP contribution in [0.4, 0.5) is 11.6 Å². The smallest absolute Gasteiger partial charge is 0.159 e. The van der Waals surface area contributed by atoms with E-state index < -0.39 is 0 Å². The summed E-state index contributed by atoms with van der Waals surface area (Å²) in [5.41, 5.74) is 6.90. The molecule has 18 heavy (non-hydrogen) atoms. The molecule has 2 heterocycles. The minimum absolute atomic E-state index is 0.312. The van der Waals surface area contributed by atoms with Crippen molar-refractivity contribution in [2.45, 2.75) is 26.8 Å². The average Bonchev–Trinajstić information content (AvgIpc) is 2.37. The number of hydrogen-bond acceptors (Lipinski definition) is 5. The molecule has 0 spiro atoms. The fraction of sp³-hybridized carbons (Fsp3) is 0.538. The Morgan fingerprint density at radius 2 is 2.33 bits per heavy atom. The maximum atomic E-state index is 5.87. The van der Waals surface area contributed by atoms with Crippen molar-refractivity contribution in [3.63, 3.8) is 0 Å². The first kappa shape index (κ1) is 12.8. The molecule has 2 N–H and O–H groups in total. The van der Waals surface area contributed by atoms with Gasteiger partial charge in [0.25, 0.3) is 0 Å². The van der Waals surface area contributed by atoms with Gasteiger partial charge in [0.2, 0.25) is 0 Å². The second kappa shape index (κ2) is 5.35. The fourth-order valence-electron chi connectivity index (χ4n) is 1.97. The highest BCUT2D eigenvalue weighted by molar-refractivity contribution is 5.61. The minimum Gasteiger partial charge on any atom is -0.384 e. The summed E-state index contributed by atoms with van der Waals surface area (Å²) in [4.78, 5) is 11.1. The summed E-state index contributed by atoms with van der Waals surface area (Å²) in [7, 11) is 0. The van der Waals surface area contributed by atoms with Crippen LogP contribution in [0.25, 0.3) is 5.57 Å². The van der Waals surface area contributed by atoms with E-state index in [1.165, 1.54) is 0 Å². The van der Waals surface area contributed by atoms with E-state index in [-0.39, 0.29) is 0 Å². The van der Waals surface area contributed by atoms with Gasteiger partial charge in [0.15, 0.2) is 5.82 Å². The van der Waals surface area contributed by atoms with Crippen LogP contribution in [0.2, 0.25) is 0 Å². The third kappa shape index (κ3) is 2.61. The van der Waals surface area contributed by atoms with Crippen molar-refractivity contribution in [1.29, 1.82) is 0 Å². The van der Waals surface area contributed by atoms with Gasteiger partial charge in [-0.1, -0.05) is 6.08 Å². The topological polar surface area (TPSA) is 64.3 Å². The van der Waals surface area contributed by atoms with Crippen molar-refractivity contribution in [3.8, 4) is 0 Å². The number of nitrogens with two attached hydrogens (primary N) is 1. The molecule has 1 aliphatic rings. The second-order valence-electron chi connectivity index (χ2n) is 4.56. The molecule has 1 aromatic rings. The standard InChI is InChI=1S/C13H20N4O/c1-4-9(2)13-15-11(14)7-12(16-13)17-5-6-18-8-10(17)3/h4,7,10H,5-6,8H2,1-3H3,(H2,14,15,16)/b9-4+. The number of aromatic nitrogens is 2. The van der Waals surface area contributed by atoms with E-state index in [0.29, 0.717) is 17.7 Å². The van der Waals surface area contributed by atoms with Crippen LogP contribution in [0.5, 0.6) is 0 Å². The van der Waals surface area contributed by atoms with Crippen LogP contribution in [0, 0.1) is 0 Å². The first-order chi connectivity index (χ1) is 8.61. The van der Waals surface area contributed by atoms with Crippen LogP contribution >= 0.6 is 0 Å². The number of hydrogen-bond donors (Lipinski definition) is 1. The molecule has 0 aliphatic carbocycles. The third-order valence-corrected chi connectivity index (χ3v) is 3.18. The van der Waals surface area contributed by atoms with E-state index >= 15 is 0 Å². The van der Waals surface area contributed by atoms with Crippen molar-refractivity contribution >= 4 is 17.2 Å². The molecule has 1 atom stereocenters. The van der Waals surface area contributed by atoms with Crippen LogP contribution in [0.3, 0.4) is 0 Å². The summed E-state index contributed by atoms with van der Waals surface area (Å²) in [5, 5.41) is 0. The SMILES string of the molecule is C/C=C(\C)c1nc(N)cc(N2CCOCC2C)n1. The zero-order valence-electron chi connectivity index (χ0n) is 11.2. The second-order valence-corrected chi connectivity index (χ2v) is 4.56. The fourth-order valence-corrected chi connectivity index (χ4v) is 1.97. The molecule has 1 unspecified atom stereocenters. The summed E-state index contributed by atoms with van der Waals surface area (Å²) in [6, 6.07) is 2.14. The Morgan fingerprint density at radius 1 is 1.56 bits per heavy atom. The lowest BCUT2D eigenvalue weighted by Gasteiger charge is -2.34. The number of ether oxygens (including phenoxy) is 1. The summed E-state index contributed by atoms with van der Waals surface area (Å²) in [6.07, 6.45) is 1.99. The molecule has 0 saturated carbocycles. The number of nitrogen functional groups attached to an aromatic ring is 1. The molecular weight excluding hydrogens is 228 g/mol. The van der Waals surface area contributed by atoms with Crippen LogP contribution in [-0.2, 0) is 4.74 Å². The Hall–Kier alpha value is -1.62. The average molecular weight is 248 g/mol. The zero-order valence-corrected chi connectivity index (χ0v) is 11.2. The molecule has 5 heteroatoms. The molecule has 5 nitrogen and oxygen atoms in total. The molecule has 1 saturated heterocycles. The lowest BCUT2D eigenvalue weighted by atomic mass is 10.2. The Kier molecular flexibility index (Phi) is 3.81. The summed E-state index contributed by atoms with van der Waals surface area (Å²) in [6.45, 7) is 8.37. The molecule has 1 aliphatic heterocycles. The Bertz CT molecular complexity index is 458. The predicted molar refractivity (Wildman–Crippen MR) is 73.4 cm³/mol. The van der Waals surface area contributed by atoms with Crippen LogP contribution in [0.1, 0.15) is 26.6 Å². The highest BCUT2D eigenvalue weighted by Crippen LogP contribution is 2.21. The largest absolute Gasteiger partial charge is 0.384 e. The van der Waals surface area contributed by atoms with Crippen molar-refractivity contribution in [2.75, 3.05) is 30.4 Å². The van der Waals surface area contributed by atoms with Gasteiger partial charge in [0.05, 0.1) is 19.3 Å². The van der Waals surface area contributed by atoms with Crippen LogP contribution in [-0.4, -0.2) is 35.8 Å². The van der Waals surface area contributed by atoms with E-state index in [4.69, 9.17) is 10.5 Å². The Balaban J connectivity index is 2.35. The number of nitrogens with zero attached hydrogens (tertiary/aromatic N) is 3. The number of morpholine rings is 1. The molecule has 0 bridgehead atoms. The van der Waals surface area contributed by atoms with Crippen molar-refractivity contribution in [3.05, 3.63) is 18.0 Å². The molecule has 1 aromatic heterocycles. The minimum atomic E-state index is 0.312. The van der Waals surface area contributed by atoms with Crippen LogP contribution < -0.4 is 10.6 Å². The lowest BCUT2D eigenvalue weighted by Crippen LogP contribution is -2.44. The van der Waals surface area contributed by atoms with Crippen LogP contribution in [0.15, 0.2) is 12.1 Å². The molecule has 0 aromatic carbocycles. The summed E-state index contributed by atoms with van der Waals surface area (Å²) >= 11 is 0. The van der Waals surface area contributed by atoms with E-state index in [1.54, 1.807) is 0 Å². The predicted octanol–water partition coefficient (Wildman–Crippen LogP) is 1.71. The normalized spacial score (nSPS) is 21.2. The van der Waals surface area contributed by atoms with Gasteiger partial charge < -0.3 is 15.4 Å². The van der Waals surface area contributed by atoms with Gasteiger partial charge >= 0.3 is 0 Å². The first-order valence-electron chi connectivity index (χ1n) is 6.24. The molecule has 2 rings (SSSR count). The van der Waals surface area contributed by atoms with Gasteiger partial charge in [0.1, 0.15) is 11.6 Å². The summed E-state index contributed by atoms with van der Waals surface area (Å²) in [5.74, 6) is 2.09. The van der Waals surface area contributed by atoms with Crippen molar-refractivity contribution in [2.24, 2.45) is 0 Å². The molecule has 1 fully saturated rings. The lowest BCUT2D eigenvalue weighted by molar-refractivity contribution is 0.0985.